The maximum Gasteiger partial charge on any atom is 0.151 e. The molecule has 0 spiro atoms. The first-order chi connectivity index (χ1) is 6.67. The summed E-state index contributed by atoms with van der Waals surface area (Å²) in [7, 11) is 0. The lowest BCUT2D eigenvalue weighted by molar-refractivity contribution is -0.116. The average Bonchev–Trinajstić information content (AvgIpc) is 2.20. The number of carbonyl (C=O) groups is 1. The molecule has 0 saturated heterocycles. The Labute approximate surface area is 90.1 Å². The third-order valence-electron chi connectivity index (χ3n) is 2.34. The number of ketones is 1. The Morgan fingerprint density at radius 2 is 2.14 bits per heavy atom. The molecule has 14 heavy (non-hydrogen) atoms. The van der Waals surface area contributed by atoms with Crippen molar-refractivity contribution in [1.82, 2.24) is 0 Å². The van der Waals surface area contributed by atoms with Crippen LogP contribution in [0.15, 0.2) is 18.2 Å². The molecule has 0 fully saturated rings. The van der Waals surface area contributed by atoms with Crippen molar-refractivity contribution in [3.63, 3.8) is 0 Å². The van der Waals surface area contributed by atoms with E-state index in [0.29, 0.717) is 6.42 Å². The predicted molar refractivity (Wildman–Crippen MR) is 60.0 cm³/mol. The van der Waals surface area contributed by atoms with E-state index in [2.05, 4.69) is 26.0 Å². The molecule has 0 N–H and O–H groups in total. The van der Waals surface area contributed by atoms with Crippen LogP contribution in [-0.2, 0) is 17.6 Å². The topological polar surface area (TPSA) is 17.1 Å². The number of Topliss-reactive ketones (excluding diaryl/α,β-unsaturated/α-hetero) is 1. The van der Waals surface area contributed by atoms with Crippen molar-refractivity contribution < 1.29 is 4.79 Å². The Morgan fingerprint density at radius 3 is 2.71 bits per heavy atom. The van der Waals surface area contributed by atoms with Crippen molar-refractivity contribution in [3.8, 4) is 0 Å². The zero-order valence-electron chi connectivity index (χ0n) is 8.64. The zero-order valence-corrected chi connectivity index (χ0v) is 9.40. The normalized spacial score (nSPS) is 10.2. The lowest BCUT2D eigenvalue weighted by Crippen LogP contribution is -2.04. The highest BCUT2D eigenvalue weighted by atomic mass is 35.5. The Bertz CT molecular complexity index is 331. The molecule has 0 unspecified atom stereocenters. The van der Waals surface area contributed by atoms with Gasteiger partial charge >= 0.3 is 0 Å². The molecule has 0 heterocycles. The first-order valence-electron chi connectivity index (χ1n) is 4.83. The van der Waals surface area contributed by atoms with Crippen LogP contribution in [0.25, 0.3) is 0 Å². The SMILES string of the molecule is CCc1cc(CC(=O)CCl)ccc1C. The molecule has 0 aromatic heterocycles. The summed E-state index contributed by atoms with van der Waals surface area (Å²) in [5.41, 5.74) is 3.66. The van der Waals surface area contributed by atoms with E-state index >= 15 is 0 Å². The summed E-state index contributed by atoms with van der Waals surface area (Å²) in [5, 5.41) is 0. The first kappa shape index (κ1) is 11.3. The van der Waals surface area contributed by atoms with Crippen LogP contribution in [0.3, 0.4) is 0 Å². The van der Waals surface area contributed by atoms with E-state index in [1.165, 1.54) is 11.1 Å². The van der Waals surface area contributed by atoms with Gasteiger partial charge in [-0.3, -0.25) is 4.79 Å². The molecule has 1 nitrogen and oxygen atoms in total. The fourth-order valence-electron chi connectivity index (χ4n) is 1.49. The van der Waals surface area contributed by atoms with E-state index in [-0.39, 0.29) is 11.7 Å². The standard InChI is InChI=1S/C12H15ClO/c1-3-11-6-10(5-4-9(11)2)7-12(14)8-13/h4-6H,3,7-8H2,1-2H3. The second-order valence-corrected chi connectivity index (χ2v) is 3.73. The molecule has 0 bridgehead atoms. The summed E-state index contributed by atoms with van der Waals surface area (Å²) in [6.45, 7) is 4.21. The number of halogens is 1. The van der Waals surface area contributed by atoms with Crippen LogP contribution in [0.1, 0.15) is 23.6 Å². The summed E-state index contributed by atoms with van der Waals surface area (Å²) in [6, 6.07) is 6.16. The second kappa shape index (κ2) is 5.16. The smallest absolute Gasteiger partial charge is 0.151 e. The van der Waals surface area contributed by atoms with Gasteiger partial charge < -0.3 is 0 Å². The van der Waals surface area contributed by atoms with Gasteiger partial charge in [0.25, 0.3) is 0 Å². The molecular formula is C12H15ClO. The Hall–Kier alpha value is -0.820. The fraction of sp³-hybridized carbons (Fsp3) is 0.417. The highest BCUT2D eigenvalue weighted by molar-refractivity contribution is 6.27. The third kappa shape index (κ3) is 2.85. The van der Waals surface area contributed by atoms with E-state index < -0.39 is 0 Å². The maximum atomic E-state index is 11.1. The van der Waals surface area contributed by atoms with E-state index in [9.17, 15) is 4.79 Å². The van der Waals surface area contributed by atoms with Gasteiger partial charge in [-0.25, -0.2) is 0 Å². The molecule has 1 aromatic carbocycles. The van der Waals surface area contributed by atoms with E-state index in [4.69, 9.17) is 11.6 Å². The molecule has 0 amide bonds. The van der Waals surface area contributed by atoms with Gasteiger partial charge in [-0.1, -0.05) is 25.1 Å². The van der Waals surface area contributed by atoms with Gasteiger partial charge in [-0.15, -0.1) is 11.6 Å². The van der Waals surface area contributed by atoms with Gasteiger partial charge in [-0.05, 0) is 30.0 Å². The molecule has 0 aliphatic rings. The van der Waals surface area contributed by atoms with Gasteiger partial charge in [-0.2, -0.15) is 0 Å². The largest absolute Gasteiger partial charge is 0.298 e. The molecule has 0 aliphatic heterocycles. The van der Waals surface area contributed by atoms with Gasteiger partial charge in [0.2, 0.25) is 0 Å². The van der Waals surface area contributed by atoms with Gasteiger partial charge in [0, 0.05) is 6.42 Å². The van der Waals surface area contributed by atoms with Crippen LogP contribution in [0.2, 0.25) is 0 Å². The summed E-state index contributed by atoms with van der Waals surface area (Å²) < 4.78 is 0. The molecule has 2 heteroatoms. The third-order valence-corrected chi connectivity index (χ3v) is 2.64. The molecule has 0 radical (unpaired) electrons. The molecule has 0 atom stereocenters. The number of hydrogen-bond acceptors (Lipinski definition) is 1. The number of hydrogen-bond donors (Lipinski definition) is 0. The molecule has 0 saturated carbocycles. The Morgan fingerprint density at radius 1 is 1.43 bits per heavy atom. The minimum absolute atomic E-state index is 0.0811. The maximum absolute atomic E-state index is 11.1. The number of benzene rings is 1. The van der Waals surface area contributed by atoms with Gasteiger partial charge in [0.15, 0.2) is 5.78 Å². The molecular weight excluding hydrogens is 196 g/mol. The molecule has 1 aromatic rings. The predicted octanol–water partition coefficient (Wildman–Crippen LogP) is 2.91. The van der Waals surface area contributed by atoms with Crippen LogP contribution in [0, 0.1) is 6.92 Å². The van der Waals surface area contributed by atoms with Crippen molar-refractivity contribution in [3.05, 3.63) is 34.9 Å². The minimum atomic E-state index is 0.0811. The lowest BCUT2D eigenvalue weighted by Gasteiger charge is -2.05. The Balaban J connectivity index is 2.84. The number of rotatable bonds is 4. The van der Waals surface area contributed by atoms with Crippen molar-refractivity contribution >= 4 is 17.4 Å². The zero-order chi connectivity index (χ0) is 10.6. The summed E-state index contributed by atoms with van der Waals surface area (Å²) in [6.07, 6.45) is 1.46. The Kier molecular flexibility index (Phi) is 4.15. The highest BCUT2D eigenvalue weighted by Crippen LogP contribution is 2.12. The number of alkyl halides is 1. The molecule has 1 rings (SSSR count). The highest BCUT2D eigenvalue weighted by Gasteiger charge is 2.03. The van der Waals surface area contributed by atoms with E-state index in [0.717, 1.165) is 12.0 Å². The minimum Gasteiger partial charge on any atom is -0.298 e. The number of aryl methyl sites for hydroxylation is 2. The van der Waals surface area contributed by atoms with Crippen LogP contribution >= 0.6 is 11.6 Å². The van der Waals surface area contributed by atoms with Crippen LogP contribution in [0.5, 0.6) is 0 Å². The van der Waals surface area contributed by atoms with Crippen molar-refractivity contribution in [2.75, 3.05) is 5.88 Å². The summed E-state index contributed by atoms with van der Waals surface area (Å²) in [4.78, 5) is 11.1. The van der Waals surface area contributed by atoms with E-state index in [1.807, 2.05) is 6.07 Å². The summed E-state index contributed by atoms with van der Waals surface area (Å²) >= 11 is 5.46. The number of carbonyl (C=O) groups excluding carboxylic acids is 1. The van der Waals surface area contributed by atoms with Crippen molar-refractivity contribution in [2.24, 2.45) is 0 Å². The average molecular weight is 211 g/mol. The van der Waals surface area contributed by atoms with Crippen LogP contribution < -0.4 is 0 Å². The molecule has 76 valence electrons. The first-order valence-corrected chi connectivity index (χ1v) is 5.37. The quantitative estimate of drug-likeness (QED) is 0.699. The van der Waals surface area contributed by atoms with Crippen molar-refractivity contribution in [1.29, 1.82) is 0 Å². The van der Waals surface area contributed by atoms with Crippen LogP contribution in [0.4, 0.5) is 0 Å². The monoisotopic (exact) mass is 210 g/mol. The lowest BCUT2D eigenvalue weighted by atomic mass is 10.0. The fourth-order valence-corrected chi connectivity index (χ4v) is 1.59. The van der Waals surface area contributed by atoms with E-state index in [1.54, 1.807) is 0 Å². The van der Waals surface area contributed by atoms with Gasteiger partial charge in [0.1, 0.15) is 0 Å². The molecule has 0 aliphatic carbocycles. The summed E-state index contributed by atoms with van der Waals surface area (Å²) in [5.74, 6) is 0.188. The second-order valence-electron chi connectivity index (χ2n) is 3.46. The van der Waals surface area contributed by atoms with Crippen LogP contribution in [-0.4, -0.2) is 11.7 Å². The van der Waals surface area contributed by atoms with Gasteiger partial charge in [0.05, 0.1) is 5.88 Å². The van der Waals surface area contributed by atoms with Crippen molar-refractivity contribution in [2.45, 2.75) is 26.7 Å².